The summed E-state index contributed by atoms with van der Waals surface area (Å²) in [6, 6.07) is 20.6. The van der Waals surface area contributed by atoms with Crippen molar-refractivity contribution in [1.82, 2.24) is 0 Å². The monoisotopic (exact) mass is 326 g/mol. The van der Waals surface area contributed by atoms with Crippen LogP contribution in [-0.2, 0) is 5.41 Å². The summed E-state index contributed by atoms with van der Waals surface area (Å²) in [4.78, 5) is 0. The van der Waals surface area contributed by atoms with Gasteiger partial charge in [0.15, 0.2) is 5.41 Å². The summed E-state index contributed by atoms with van der Waals surface area (Å²) in [6.07, 6.45) is 2.83. The number of hydrogen-bond donors (Lipinski definition) is 2. The van der Waals surface area contributed by atoms with Crippen LogP contribution in [0.5, 0.6) is 5.75 Å². The van der Waals surface area contributed by atoms with Gasteiger partial charge in [0.1, 0.15) is 12.4 Å². The minimum Gasteiger partial charge on any atom is -0.491 e. The molecule has 2 rings (SSSR count). The zero-order chi connectivity index (χ0) is 17.3. The maximum Gasteiger partial charge on any atom is 0.366 e. The molecule has 2 aromatic rings. The molecule has 24 heavy (non-hydrogen) atoms. The lowest BCUT2D eigenvalue weighted by Crippen LogP contribution is -2.26. The smallest absolute Gasteiger partial charge is 0.366 e. The van der Waals surface area contributed by atoms with E-state index in [4.69, 9.17) is 9.84 Å². The van der Waals surface area contributed by atoms with E-state index in [1.807, 2.05) is 54.6 Å². The Labute approximate surface area is 143 Å². The predicted molar refractivity (Wildman–Crippen MR) is 94.8 cm³/mol. The van der Waals surface area contributed by atoms with Gasteiger partial charge in [0, 0.05) is 0 Å². The topological polar surface area (TPSA) is 54.0 Å². The van der Waals surface area contributed by atoms with Gasteiger partial charge in [-0.05, 0) is 29.7 Å². The molecular weight excluding hydrogens is 302 g/mol. The molecule has 0 radical (unpaired) electrons. The van der Waals surface area contributed by atoms with E-state index in [-0.39, 0.29) is 13.2 Å². The van der Waals surface area contributed by atoms with Gasteiger partial charge in [0.05, 0.1) is 6.61 Å². The standard InChI is InChI=1S/C20H23NO3/c1-2-3-13-20(16-21-23,17-7-5-4-6-8-17)18-9-11-19(12-10-18)24-15-14-22/h4-12,22H,2-3,13-15H2,1H3/p+1. The Morgan fingerprint density at radius 3 is 2.29 bits per heavy atom. The number of rotatable bonds is 8. The minimum atomic E-state index is -0.596. The number of benzene rings is 2. The Hall–Kier alpha value is -2.51. The van der Waals surface area contributed by atoms with Crippen LogP contribution >= 0.6 is 0 Å². The molecule has 2 N–H and O–H groups in total. The van der Waals surface area contributed by atoms with Crippen LogP contribution in [0, 0.1) is 6.07 Å². The van der Waals surface area contributed by atoms with Crippen LogP contribution < -0.4 is 4.74 Å². The normalized spacial score (nSPS) is 12.8. The van der Waals surface area contributed by atoms with Gasteiger partial charge < -0.3 is 9.84 Å². The quantitative estimate of drug-likeness (QED) is 0.713. The maximum atomic E-state index is 9.26. The van der Waals surface area contributed by atoms with Crippen molar-refractivity contribution in [2.75, 3.05) is 13.2 Å². The van der Waals surface area contributed by atoms with Crippen LogP contribution in [0.1, 0.15) is 37.3 Å². The molecule has 0 spiro atoms. The Kier molecular flexibility index (Phi) is 6.65. The molecule has 0 amide bonds. The van der Waals surface area contributed by atoms with Crippen LogP contribution in [0.2, 0.25) is 0 Å². The van der Waals surface area contributed by atoms with Gasteiger partial charge in [-0.25, -0.2) is 0 Å². The highest BCUT2D eigenvalue weighted by atomic mass is 16.5. The lowest BCUT2D eigenvalue weighted by Gasteiger charge is -2.24. The molecule has 0 saturated heterocycles. The molecule has 4 heteroatoms. The third kappa shape index (κ3) is 4.06. The number of hydrogen-bond acceptors (Lipinski definition) is 3. The molecule has 0 fully saturated rings. The highest BCUT2D eigenvalue weighted by molar-refractivity contribution is 5.48. The first-order chi connectivity index (χ1) is 11.8. The maximum absolute atomic E-state index is 9.26. The minimum absolute atomic E-state index is 0.0167. The molecule has 1 unspecified atom stereocenters. The van der Waals surface area contributed by atoms with E-state index in [1.165, 1.54) is 0 Å². The summed E-state index contributed by atoms with van der Waals surface area (Å²) in [5, 5.41) is 21.4. The highest BCUT2D eigenvalue weighted by Gasteiger charge is 2.39. The van der Waals surface area contributed by atoms with Gasteiger partial charge in [0.25, 0.3) is 0 Å². The number of aliphatic hydroxyl groups is 1. The van der Waals surface area contributed by atoms with E-state index in [1.54, 1.807) is 0 Å². The van der Waals surface area contributed by atoms with Gasteiger partial charge in [-0.2, -0.15) is 5.21 Å². The Morgan fingerprint density at radius 1 is 1.04 bits per heavy atom. The number of aliphatic hydroxyl groups excluding tert-OH is 1. The third-order valence-electron chi connectivity index (χ3n) is 4.12. The van der Waals surface area contributed by atoms with Crippen molar-refractivity contribution in [2.45, 2.75) is 31.6 Å². The van der Waals surface area contributed by atoms with Crippen LogP contribution in [0.4, 0.5) is 0 Å². The first kappa shape index (κ1) is 17.8. The van der Waals surface area contributed by atoms with Crippen LogP contribution in [0.25, 0.3) is 5.01 Å². The summed E-state index contributed by atoms with van der Waals surface area (Å²) < 4.78 is 5.43. The Morgan fingerprint density at radius 2 is 1.71 bits per heavy atom. The van der Waals surface area contributed by atoms with E-state index in [0.29, 0.717) is 5.75 Å². The first-order valence-corrected chi connectivity index (χ1v) is 8.28. The Balaban J connectivity index is 2.46. The molecule has 0 aliphatic heterocycles. The van der Waals surface area contributed by atoms with Gasteiger partial charge >= 0.3 is 6.07 Å². The lowest BCUT2D eigenvalue weighted by molar-refractivity contribution is 0.201. The fourth-order valence-electron chi connectivity index (χ4n) is 2.89. The highest BCUT2D eigenvalue weighted by Crippen LogP contribution is 2.37. The molecule has 0 aliphatic carbocycles. The van der Waals surface area contributed by atoms with Crippen molar-refractivity contribution in [3.8, 4) is 11.8 Å². The molecule has 0 saturated carbocycles. The van der Waals surface area contributed by atoms with E-state index < -0.39 is 5.41 Å². The molecule has 1 atom stereocenters. The fourth-order valence-corrected chi connectivity index (χ4v) is 2.89. The summed E-state index contributed by atoms with van der Waals surface area (Å²) in [5.41, 5.74) is 1.44. The number of unbranched alkanes of at least 4 members (excludes halogenated alkanes) is 1. The Bertz CT molecular complexity index is 674. The van der Waals surface area contributed by atoms with Gasteiger partial charge in [0.2, 0.25) is 5.01 Å². The van der Waals surface area contributed by atoms with Crippen molar-refractivity contribution in [3.05, 3.63) is 70.7 Å². The molecule has 2 aromatic carbocycles. The van der Waals surface area contributed by atoms with Crippen LogP contribution in [0.3, 0.4) is 0 Å². The average molecular weight is 326 g/mol. The van der Waals surface area contributed by atoms with Crippen molar-refractivity contribution in [1.29, 1.82) is 0 Å². The van der Waals surface area contributed by atoms with Crippen molar-refractivity contribution in [3.63, 3.8) is 0 Å². The second-order valence-electron chi connectivity index (χ2n) is 5.68. The first-order valence-electron chi connectivity index (χ1n) is 8.28. The summed E-state index contributed by atoms with van der Waals surface area (Å²) in [5.74, 6) is 0.700. The summed E-state index contributed by atoms with van der Waals surface area (Å²) in [6.45, 7) is 2.39. The van der Waals surface area contributed by atoms with E-state index in [0.717, 1.165) is 30.4 Å². The summed E-state index contributed by atoms with van der Waals surface area (Å²) in [7, 11) is 0. The number of ether oxygens (including phenoxy) is 1. The largest absolute Gasteiger partial charge is 0.491 e. The SMILES string of the molecule is CCCCC(C#[N+]O)(c1ccccc1)c1ccc(OCCO)cc1. The molecule has 0 aromatic heterocycles. The average Bonchev–Trinajstić information content (AvgIpc) is 2.65. The molecule has 0 bridgehead atoms. The van der Waals surface area contributed by atoms with E-state index in [2.05, 4.69) is 18.0 Å². The van der Waals surface area contributed by atoms with Crippen LogP contribution in [-0.4, -0.2) is 23.5 Å². The summed E-state index contributed by atoms with van der Waals surface area (Å²) >= 11 is 0. The zero-order valence-corrected chi connectivity index (χ0v) is 14.0. The van der Waals surface area contributed by atoms with Crippen LogP contribution in [0.15, 0.2) is 54.6 Å². The molecule has 126 valence electrons. The second kappa shape index (κ2) is 8.95. The van der Waals surface area contributed by atoms with Crippen molar-refractivity contribution >= 4 is 0 Å². The van der Waals surface area contributed by atoms with E-state index in [9.17, 15) is 5.21 Å². The number of nitrogens with zero attached hydrogens (tertiary/aromatic N) is 1. The fraction of sp³-hybridized carbons (Fsp3) is 0.350. The molecule has 4 nitrogen and oxygen atoms in total. The van der Waals surface area contributed by atoms with Crippen molar-refractivity contribution < 1.29 is 15.1 Å². The van der Waals surface area contributed by atoms with E-state index >= 15 is 0 Å². The lowest BCUT2D eigenvalue weighted by atomic mass is 9.72. The zero-order valence-electron chi connectivity index (χ0n) is 14.0. The van der Waals surface area contributed by atoms with Gasteiger partial charge in [-0.15, -0.1) is 0 Å². The second-order valence-corrected chi connectivity index (χ2v) is 5.68. The predicted octanol–water partition coefficient (Wildman–Crippen LogP) is 4.26. The molecular formula is C20H24NO3+. The van der Waals surface area contributed by atoms with Gasteiger partial charge in [-0.1, -0.05) is 62.2 Å². The molecule has 0 aliphatic rings. The molecule has 0 heterocycles. The third-order valence-corrected chi connectivity index (χ3v) is 4.12. The van der Waals surface area contributed by atoms with Crippen molar-refractivity contribution in [2.24, 2.45) is 0 Å². The van der Waals surface area contributed by atoms with Gasteiger partial charge in [-0.3, -0.25) is 0 Å².